The molecule has 0 aliphatic carbocycles. The van der Waals surface area contributed by atoms with Gasteiger partial charge in [-0.2, -0.15) is 20.6 Å². The topological polar surface area (TPSA) is 76.3 Å². The van der Waals surface area contributed by atoms with Crippen LogP contribution in [0.4, 0.5) is 0 Å². The lowest BCUT2D eigenvalue weighted by Crippen LogP contribution is -2.40. The molecule has 3 heterocycles. The second-order valence-corrected chi connectivity index (χ2v) is 10.3. The van der Waals surface area contributed by atoms with Crippen molar-refractivity contribution in [3.63, 3.8) is 0 Å². The van der Waals surface area contributed by atoms with Crippen LogP contribution in [0.3, 0.4) is 0 Å². The lowest BCUT2D eigenvalue weighted by Gasteiger charge is -2.31. The van der Waals surface area contributed by atoms with Crippen LogP contribution in [-0.2, 0) is 16.4 Å². The van der Waals surface area contributed by atoms with Crippen molar-refractivity contribution >= 4 is 32.1 Å². The molecular formula is C22H21N3O3S2. The number of fused-ring (bicyclic) bond motifs is 1. The molecule has 154 valence electrons. The van der Waals surface area contributed by atoms with Gasteiger partial charge in [0.1, 0.15) is 0 Å². The van der Waals surface area contributed by atoms with E-state index < -0.39 is 10.0 Å². The highest BCUT2D eigenvalue weighted by atomic mass is 32.2. The Morgan fingerprint density at radius 3 is 2.83 bits per heavy atom. The minimum absolute atomic E-state index is 0.157. The van der Waals surface area contributed by atoms with Gasteiger partial charge in [0.25, 0.3) is 0 Å². The molecule has 1 saturated heterocycles. The maximum Gasteiger partial charge on any atom is 0.243 e. The van der Waals surface area contributed by atoms with E-state index in [1.807, 2.05) is 47.2 Å². The predicted octanol–water partition coefficient (Wildman–Crippen LogP) is 4.59. The van der Waals surface area contributed by atoms with Gasteiger partial charge in [-0.15, -0.1) is 0 Å². The number of thiophene rings is 1. The number of piperidine rings is 1. The number of nitrogens with zero attached hydrogens (tertiary/aromatic N) is 3. The van der Waals surface area contributed by atoms with E-state index in [4.69, 9.17) is 4.52 Å². The molecule has 0 spiro atoms. The van der Waals surface area contributed by atoms with E-state index in [1.165, 1.54) is 0 Å². The zero-order chi connectivity index (χ0) is 20.6. The Morgan fingerprint density at radius 1 is 1.13 bits per heavy atom. The van der Waals surface area contributed by atoms with Gasteiger partial charge in [0.05, 0.1) is 4.90 Å². The third kappa shape index (κ3) is 3.78. The van der Waals surface area contributed by atoms with E-state index >= 15 is 0 Å². The van der Waals surface area contributed by atoms with Crippen LogP contribution in [0.15, 0.2) is 68.7 Å². The first kappa shape index (κ1) is 19.4. The van der Waals surface area contributed by atoms with Crippen molar-refractivity contribution in [3.8, 4) is 11.4 Å². The molecule has 0 amide bonds. The van der Waals surface area contributed by atoms with Crippen molar-refractivity contribution in [2.24, 2.45) is 5.92 Å². The number of benzene rings is 2. The molecule has 1 unspecified atom stereocenters. The number of sulfonamides is 1. The van der Waals surface area contributed by atoms with E-state index in [9.17, 15) is 8.42 Å². The van der Waals surface area contributed by atoms with Gasteiger partial charge in [-0.3, -0.25) is 0 Å². The molecule has 4 aromatic rings. The highest BCUT2D eigenvalue weighted by Crippen LogP contribution is 2.28. The molecule has 2 aromatic carbocycles. The van der Waals surface area contributed by atoms with Gasteiger partial charge in [-0.25, -0.2) is 8.42 Å². The molecule has 5 rings (SSSR count). The summed E-state index contributed by atoms with van der Waals surface area (Å²) in [6.45, 7) is 1.00. The van der Waals surface area contributed by atoms with Crippen molar-refractivity contribution in [3.05, 3.63) is 65.2 Å². The number of aromatic nitrogens is 2. The summed E-state index contributed by atoms with van der Waals surface area (Å²) in [5.74, 6) is 1.30. The van der Waals surface area contributed by atoms with Gasteiger partial charge in [0.2, 0.25) is 21.7 Å². The van der Waals surface area contributed by atoms with Crippen LogP contribution >= 0.6 is 11.3 Å². The summed E-state index contributed by atoms with van der Waals surface area (Å²) in [5, 5.41) is 9.97. The lowest BCUT2D eigenvalue weighted by atomic mass is 9.96. The van der Waals surface area contributed by atoms with Gasteiger partial charge in [-0.1, -0.05) is 35.5 Å². The average molecular weight is 440 g/mol. The van der Waals surface area contributed by atoms with Crippen LogP contribution in [0.5, 0.6) is 0 Å². The summed E-state index contributed by atoms with van der Waals surface area (Å²) in [6.07, 6.45) is 2.35. The Kier molecular flexibility index (Phi) is 5.14. The fraction of sp³-hybridized carbons (Fsp3) is 0.273. The SMILES string of the molecule is O=S(=O)(c1ccc2ccccc2c1)N1CCCC(Cc2nc(-c3ccsc3)no2)C1. The van der Waals surface area contributed by atoms with Crippen molar-refractivity contribution in [2.75, 3.05) is 13.1 Å². The van der Waals surface area contributed by atoms with Crippen LogP contribution in [-0.4, -0.2) is 36.0 Å². The monoisotopic (exact) mass is 439 g/mol. The fourth-order valence-electron chi connectivity index (χ4n) is 3.98. The number of hydrogen-bond donors (Lipinski definition) is 0. The lowest BCUT2D eigenvalue weighted by molar-refractivity contribution is 0.247. The maximum absolute atomic E-state index is 13.3. The number of hydrogen-bond acceptors (Lipinski definition) is 6. The molecule has 6 nitrogen and oxygen atoms in total. The third-order valence-electron chi connectivity index (χ3n) is 5.55. The van der Waals surface area contributed by atoms with Crippen molar-refractivity contribution in [1.29, 1.82) is 0 Å². The van der Waals surface area contributed by atoms with Gasteiger partial charge in [0.15, 0.2) is 0 Å². The second kappa shape index (κ2) is 7.94. The molecule has 1 fully saturated rings. The van der Waals surface area contributed by atoms with E-state index in [2.05, 4.69) is 10.1 Å². The molecule has 1 aliphatic heterocycles. The summed E-state index contributed by atoms with van der Waals surface area (Å²) in [4.78, 5) is 4.83. The van der Waals surface area contributed by atoms with Crippen LogP contribution in [0.1, 0.15) is 18.7 Å². The quantitative estimate of drug-likeness (QED) is 0.454. The Bertz CT molecular complexity index is 1270. The second-order valence-electron chi connectivity index (χ2n) is 7.61. The standard InChI is InChI=1S/C22H21N3O3S2/c26-30(27,20-8-7-17-5-1-2-6-18(17)13-20)25-10-3-4-16(14-25)12-21-23-22(24-28-21)19-9-11-29-15-19/h1-2,5-9,11,13,15-16H,3-4,10,12,14H2. The Morgan fingerprint density at radius 2 is 2.00 bits per heavy atom. The summed E-state index contributed by atoms with van der Waals surface area (Å²) >= 11 is 1.59. The average Bonchev–Trinajstić information content (AvgIpc) is 3.46. The van der Waals surface area contributed by atoms with Gasteiger partial charge < -0.3 is 4.52 Å². The Hall–Kier alpha value is -2.55. The van der Waals surface area contributed by atoms with Gasteiger partial charge in [0, 0.05) is 30.5 Å². The van der Waals surface area contributed by atoms with Crippen molar-refractivity contribution in [1.82, 2.24) is 14.4 Å². The Labute approximate surface area is 179 Å². The molecule has 30 heavy (non-hydrogen) atoms. The first-order valence-electron chi connectivity index (χ1n) is 9.94. The molecule has 1 aliphatic rings. The van der Waals surface area contributed by atoms with E-state index in [1.54, 1.807) is 27.8 Å². The highest BCUT2D eigenvalue weighted by Gasteiger charge is 2.31. The van der Waals surface area contributed by atoms with E-state index in [-0.39, 0.29) is 5.92 Å². The minimum Gasteiger partial charge on any atom is -0.339 e. The predicted molar refractivity (Wildman–Crippen MR) is 117 cm³/mol. The summed E-state index contributed by atoms with van der Waals surface area (Å²) in [5.41, 5.74) is 0.944. The third-order valence-corrected chi connectivity index (χ3v) is 8.10. The molecule has 0 N–H and O–H groups in total. The first-order valence-corrected chi connectivity index (χ1v) is 12.3. The molecule has 0 radical (unpaired) electrons. The number of rotatable bonds is 5. The van der Waals surface area contributed by atoms with Crippen molar-refractivity contribution < 1.29 is 12.9 Å². The summed E-state index contributed by atoms with van der Waals surface area (Å²) in [6, 6.07) is 15.1. The molecule has 8 heteroatoms. The first-order chi connectivity index (χ1) is 14.6. The zero-order valence-electron chi connectivity index (χ0n) is 16.3. The molecule has 2 aromatic heterocycles. The molecule has 0 bridgehead atoms. The van der Waals surface area contributed by atoms with Crippen LogP contribution < -0.4 is 0 Å². The van der Waals surface area contributed by atoms with Crippen LogP contribution in [0.2, 0.25) is 0 Å². The van der Waals surface area contributed by atoms with E-state index in [0.717, 1.165) is 29.2 Å². The van der Waals surface area contributed by atoms with E-state index in [0.29, 0.717) is 36.1 Å². The molecule has 0 saturated carbocycles. The van der Waals surface area contributed by atoms with Crippen LogP contribution in [0.25, 0.3) is 22.2 Å². The van der Waals surface area contributed by atoms with Gasteiger partial charge in [-0.05, 0) is 53.1 Å². The molecular weight excluding hydrogens is 418 g/mol. The maximum atomic E-state index is 13.3. The molecule has 1 atom stereocenters. The summed E-state index contributed by atoms with van der Waals surface area (Å²) in [7, 11) is -3.54. The Balaban J connectivity index is 1.33. The van der Waals surface area contributed by atoms with Gasteiger partial charge >= 0.3 is 0 Å². The zero-order valence-corrected chi connectivity index (χ0v) is 17.9. The van der Waals surface area contributed by atoms with Crippen molar-refractivity contribution in [2.45, 2.75) is 24.2 Å². The largest absolute Gasteiger partial charge is 0.339 e. The normalized spacial score (nSPS) is 18.1. The summed E-state index contributed by atoms with van der Waals surface area (Å²) < 4.78 is 33.5. The highest BCUT2D eigenvalue weighted by molar-refractivity contribution is 7.89. The minimum atomic E-state index is -3.54. The fourth-order valence-corrected chi connectivity index (χ4v) is 6.21. The smallest absolute Gasteiger partial charge is 0.243 e. The van der Waals surface area contributed by atoms with Crippen LogP contribution in [0, 0.1) is 5.92 Å².